The Kier molecular flexibility index (Phi) is 7.95. The molecule has 0 bridgehead atoms. The third-order valence-corrected chi connectivity index (χ3v) is 5.40. The molecule has 10 heteroatoms. The molecule has 2 N–H and O–H groups in total. The van der Waals surface area contributed by atoms with Gasteiger partial charge >= 0.3 is 0 Å². The summed E-state index contributed by atoms with van der Waals surface area (Å²) >= 11 is 0. The number of carbonyl (C=O) groups is 1. The molecule has 1 atom stereocenters. The van der Waals surface area contributed by atoms with Crippen LogP contribution >= 0.6 is 13.5 Å². The predicted octanol–water partition coefficient (Wildman–Crippen LogP) is 3.24. The van der Waals surface area contributed by atoms with E-state index in [0.717, 1.165) is 27.7 Å². The summed E-state index contributed by atoms with van der Waals surface area (Å²) < 4.78 is 0. The SMILES string of the molecule is CNC(=O)c1ccnc2c([C@H](C)CNc3cc(-c4cnc(N(C)C)nc4)ncn3)cccc12.S. The van der Waals surface area contributed by atoms with Crippen LogP contribution in [0.4, 0.5) is 11.8 Å². The minimum Gasteiger partial charge on any atom is -0.369 e. The van der Waals surface area contributed by atoms with Crippen LogP contribution in [0, 0.1) is 0 Å². The molecule has 0 saturated carbocycles. The summed E-state index contributed by atoms with van der Waals surface area (Å²) in [7, 11) is 5.42. The van der Waals surface area contributed by atoms with Gasteiger partial charge in [-0.3, -0.25) is 9.78 Å². The smallest absolute Gasteiger partial charge is 0.251 e. The molecule has 0 fully saturated rings. The fourth-order valence-corrected chi connectivity index (χ4v) is 3.59. The number of benzene rings is 1. The van der Waals surface area contributed by atoms with E-state index in [2.05, 4.69) is 42.5 Å². The van der Waals surface area contributed by atoms with Gasteiger partial charge in [0.15, 0.2) is 0 Å². The zero-order valence-corrected chi connectivity index (χ0v) is 20.6. The van der Waals surface area contributed by atoms with Crippen molar-refractivity contribution in [2.24, 2.45) is 0 Å². The number of aromatic nitrogens is 5. The first-order valence-corrected chi connectivity index (χ1v) is 10.6. The number of rotatable bonds is 7. The Balaban J connectivity index is 0.00000324. The number of nitrogens with one attached hydrogen (secondary N) is 2. The van der Waals surface area contributed by atoms with Gasteiger partial charge in [0.1, 0.15) is 12.1 Å². The molecule has 1 aromatic carbocycles. The molecule has 0 aliphatic carbocycles. The average Bonchev–Trinajstić information content (AvgIpc) is 2.86. The number of amides is 1. The van der Waals surface area contributed by atoms with Gasteiger partial charge in [-0.1, -0.05) is 25.1 Å². The number of carbonyl (C=O) groups excluding carboxylic acids is 1. The third kappa shape index (κ3) is 5.23. The molecule has 0 radical (unpaired) electrons. The van der Waals surface area contributed by atoms with Crippen LogP contribution in [0.1, 0.15) is 28.8 Å². The number of nitrogens with zero attached hydrogens (tertiary/aromatic N) is 6. The fraction of sp³-hybridized carbons (Fsp3) is 0.250. The predicted molar refractivity (Wildman–Crippen MR) is 140 cm³/mol. The molecule has 3 aromatic heterocycles. The summed E-state index contributed by atoms with van der Waals surface area (Å²) in [5.41, 5.74) is 4.07. The maximum atomic E-state index is 12.2. The van der Waals surface area contributed by atoms with E-state index in [9.17, 15) is 4.79 Å². The largest absolute Gasteiger partial charge is 0.369 e. The number of para-hydroxylation sites is 1. The minimum atomic E-state index is -0.124. The molecule has 0 saturated heterocycles. The van der Waals surface area contributed by atoms with E-state index in [1.165, 1.54) is 6.33 Å². The Morgan fingerprint density at radius 3 is 2.53 bits per heavy atom. The van der Waals surface area contributed by atoms with E-state index in [1.807, 2.05) is 43.3 Å². The van der Waals surface area contributed by atoms with Crippen LogP contribution in [-0.2, 0) is 0 Å². The fourth-order valence-electron chi connectivity index (χ4n) is 3.59. The second kappa shape index (κ2) is 10.9. The molecule has 3 heterocycles. The number of hydrogen-bond acceptors (Lipinski definition) is 8. The van der Waals surface area contributed by atoms with Gasteiger partial charge in [0.05, 0.1) is 16.8 Å². The highest BCUT2D eigenvalue weighted by atomic mass is 32.1. The highest BCUT2D eigenvalue weighted by molar-refractivity contribution is 7.59. The summed E-state index contributed by atoms with van der Waals surface area (Å²) in [5.74, 6) is 1.36. The summed E-state index contributed by atoms with van der Waals surface area (Å²) in [5, 5.41) is 6.92. The third-order valence-electron chi connectivity index (χ3n) is 5.40. The van der Waals surface area contributed by atoms with Crippen molar-refractivity contribution in [3.05, 3.63) is 66.4 Å². The lowest BCUT2D eigenvalue weighted by Crippen LogP contribution is -2.18. The molecule has 176 valence electrons. The van der Waals surface area contributed by atoms with Crippen LogP contribution in [0.5, 0.6) is 0 Å². The van der Waals surface area contributed by atoms with Crippen LogP contribution in [0.25, 0.3) is 22.2 Å². The maximum Gasteiger partial charge on any atom is 0.251 e. The van der Waals surface area contributed by atoms with E-state index in [0.29, 0.717) is 23.9 Å². The molecule has 4 aromatic rings. The number of anilines is 2. The lowest BCUT2D eigenvalue weighted by molar-refractivity contribution is 0.0964. The Hall–Kier alpha value is -3.79. The molecule has 0 aliphatic heterocycles. The van der Waals surface area contributed by atoms with E-state index in [4.69, 9.17) is 0 Å². The highest BCUT2D eigenvalue weighted by Gasteiger charge is 2.15. The molecular formula is C24H28N8OS. The molecule has 4 rings (SSSR count). The van der Waals surface area contributed by atoms with Crippen molar-refractivity contribution in [2.75, 3.05) is 37.9 Å². The summed E-state index contributed by atoms with van der Waals surface area (Å²) in [4.78, 5) is 36.0. The monoisotopic (exact) mass is 476 g/mol. The number of fused-ring (bicyclic) bond motifs is 1. The van der Waals surface area contributed by atoms with Gasteiger partial charge in [0.25, 0.3) is 5.91 Å². The van der Waals surface area contributed by atoms with E-state index in [1.54, 1.807) is 31.7 Å². The molecule has 0 spiro atoms. The normalized spacial score (nSPS) is 11.4. The van der Waals surface area contributed by atoms with Crippen molar-refractivity contribution in [1.29, 1.82) is 0 Å². The molecule has 0 unspecified atom stereocenters. The maximum absolute atomic E-state index is 12.2. The lowest BCUT2D eigenvalue weighted by atomic mass is 9.96. The quantitative estimate of drug-likeness (QED) is 0.418. The van der Waals surface area contributed by atoms with E-state index < -0.39 is 0 Å². The Bertz CT molecular complexity index is 1280. The topological polar surface area (TPSA) is 109 Å². The zero-order chi connectivity index (χ0) is 23.4. The van der Waals surface area contributed by atoms with Gasteiger partial charge in [-0.15, -0.1) is 0 Å². The van der Waals surface area contributed by atoms with Crippen molar-refractivity contribution in [3.63, 3.8) is 0 Å². The van der Waals surface area contributed by atoms with Gasteiger partial charge in [-0.05, 0) is 11.6 Å². The van der Waals surface area contributed by atoms with Gasteiger partial charge in [0, 0.05) is 69.2 Å². The second-order valence-electron chi connectivity index (χ2n) is 7.92. The van der Waals surface area contributed by atoms with Gasteiger partial charge in [-0.25, -0.2) is 19.9 Å². The van der Waals surface area contributed by atoms with Crippen molar-refractivity contribution in [1.82, 2.24) is 30.2 Å². The minimum absolute atomic E-state index is 0. The van der Waals surface area contributed by atoms with Crippen molar-refractivity contribution >= 4 is 42.1 Å². The van der Waals surface area contributed by atoms with Gasteiger partial charge in [-0.2, -0.15) is 13.5 Å². The second-order valence-corrected chi connectivity index (χ2v) is 7.92. The van der Waals surface area contributed by atoms with Crippen LogP contribution in [0.2, 0.25) is 0 Å². The lowest BCUT2D eigenvalue weighted by Gasteiger charge is -2.16. The first kappa shape index (κ1) is 24.8. The standard InChI is InChI=1S/C24H26N8O.H2S/c1-15(17-6-5-7-18-19(23(33)25-2)8-9-26-22(17)18)11-27-21-10-20(30-14-31-21)16-12-28-24(29-13-16)32(3)4;/h5-10,12-15H,11H2,1-4H3,(H,25,33)(H,27,30,31);1H2/t15-;/m1./s1. The Labute approximate surface area is 205 Å². The Morgan fingerprint density at radius 1 is 1.06 bits per heavy atom. The summed E-state index contributed by atoms with van der Waals surface area (Å²) in [6, 6.07) is 9.56. The van der Waals surface area contributed by atoms with Crippen LogP contribution in [-0.4, -0.2) is 58.5 Å². The first-order chi connectivity index (χ1) is 16.0. The van der Waals surface area contributed by atoms with E-state index in [-0.39, 0.29) is 25.3 Å². The van der Waals surface area contributed by atoms with E-state index >= 15 is 0 Å². The summed E-state index contributed by atoms with van der Waals surface area (Å²) in [6.07, 6.45) is 6.71. The molecule has 9 nitrogen and oxygen atoms in total. The molecule has 0 aliphatic rings. The van der Waals surface area contributed by atoms with Crippen LogP contribution < -0.4 is 15.5 Å². The Morgan fingerprint density at radius 2 is 1.82 bits per heavy atom. The van der Waals surface area contributed by atoms with Crippen molar-refractivity contribution in [3.8, 4) is 11.3 Å². The average molecular weight is 477 g/mol. The summed E-state index contributed by atoms with van der Waals surface area (Å²) in [6.45, 7) is 2.75. The van der Waals surface area contributed by atoms with Gasteiger partial charge in [0.2, 0.25) is 5.95 Å². The van der Waals surface area contributed by atoms with Gasteiger partial charge < -0.3 is 15.5 Å². The van der Waals surface area contributed by atoms with Crippen molar-refractivity contribution in [2.45, 2.75) is 12.8 Å². The molecule has 34 heavy (non-hydrogen) atoms. The molecule has 1 amide bonds. The van der Waals surface area contributed by atoms with Crippen LogP contribution in [0.3, 0.4) is 0 Å². The van der Waals surface area contributed by atoms with Crippen molar-refractivity contribution < 1.29 is 4.79 Å². The molecular weight excluding hydrogens is 448 g/mol. The zero-order valence-electron chi connectivity index (χ0n) is 19.6. The number of hydrogen-bond donors (Lipinski definition) is 2. The number of pyridine rings is 1. The van der Waals surface area contributed by atoms with Crippen LogP contribution in [0.15, 0.2) is 55.2 Å². The highest BCUT2D eigenvalue weighted by Crippen LogP contribution is 2.27. The first-order valence-electron chi connectivity index (χ1n) is 10.6.